The Morgan fingerprint density at radius 1 is 1.25 bits per heavy atom. The SMILES string of the molecule is Cc1cc(C(=O)N2CCC(N(C)CCCO)CC2)c(C)n1C1CC1. The largest absolute Gasteiger partial charge is 0.396 e. The van der Waals surface area contributed by atoms with Crippen LogP contribution in [-0.4, -0.2) is 64.7 Å². The fourth-order valence-electron chi connectivity index (χ4n) is 4.07. The lowest BCUT2D eigenvalue weighted by Crippen LogP contribution is -2.46. The highest BCUT2D eigenvalue weighted by Gasteiger charge is 2.31. The molecule has 0 atom stereocenters. The summed E-state index contributed by atoms with van der Waals surface area (Å²) in [6.07, 6.45) is 5.36. The third-order valence-corrected chi connectivity index (χ3v) is 5.67. The summed E-state index contributed by atoms with van der Waals surface area (Å²) in [6.45, 7) is 7.05. The Morgan fingerprint density at radius 2 is 1.92 bits per heavy atom. The number of hydrogen-bond acceptors (Lipinski definition) is 3. The molecule has 24 heavy (non-hydrogen) atoms. The first-order valence-electron chi connectivity index (χ1n) is 9.31. The quantitative estimate of drug-likeness (QED) is 0.869. The van der Waals surface area contributed by atoms with E-state index in [4.69, 9.17) is 5.11 Å². The third kappa shape index (κ3) is 3.52. The zero-order chi connectivity index (χ0) is 17.3. The van der Waals surface area contributed by atoms with Crippen LogP contribution in [-0.2, 0) is 0 Å². The van der Waals surface area contributed by atoms with Crippen LogP contribution in [0.5, 0.6) is 0 Å². The highest BCUT2D eigenvalue weighted by Crippen LogP contribution is 2.38. The average Bonchev–Trinajstić information content (AvgIpc) is 3.37. The number of amides is 1. The van der Waals surface area contributed by atoms with Crippen molar-refractivity contribution in [3.8, 4) is 0 Å². The lowest BCUT2D eigenvalue weighted by Gasteiger charge is -2.36. The number of nitrogens with zero attached hydrogens (tertiary/aromatic N) is 3. The molecule has 5 heteroatoms. The second-order valence-electron chi connectivity index (χ2n) is 7.47. The van der Waals surface area contributed by atoms with Gasteiger partial charge in [-0.3, -0.25) is 4.79 Å². The van der Waals surface area contributed by atoms with Gasteiger partial charge in [-0.15, -0.1) is 0 Å². The molecule has 1 saturated carbocycles. The van der Waals surface area contributed by atoms with E-state index in [1.54, 1.807) is 0 Å². The summed E-state index contributed by atoms with van der Waals surface area (Å²) in [5.41, 5.74) is 3.26. The van der Waals surface area contributed by atoms with Gasteiger partial charge in [-0.2, -0.15) is 0 Å². The lowest BCUT2D eigenvalue weighted by atomic mass is 10.0. The molecule has 0 radical (unpaired) electrons. The summed E-state index contributed by atoms with van der Waals surface area (Å²) in [4.78, 5) is 17.3. The Hall–Kier alpha value is -1.33. The van der Waals surface area contributed by atoms with E-state index in [1.807, 2.05) is 4.90 Å². The summed E-state index contributed by atoms with van der Waals surface area (Å²) in [5, 5.41) is 8.97. The van der Waals surface area contributed by atoms with Gasteiger partial charge in [0.05, 0.1) is 5.56 Å². The molecule has 3 rings (SSSR count). The Kier molecular flexibility index (Phi) is 5.30. The number of aromatic nitrogens is 1. The van der Waals surface area contributed by atoms with Crippen molar-refractivity contribution in [3.05, 3.63) is 23.0 Å². The fraction of sp³-hybridized carbons (Fsp3) is 0.737. The standard InChI is InChI=1S/C19H31N3O2/c1-14-13-18(15(2)22(14)17-5-6-17)19(24)21-10-7-16(8-11-21)20(3)9-4-12-23/h13,16-17,23H,4-12H2,1-3H3. The van der Waals surface area contributed by atoms with Gasteiger partial charge < -0.3 is 19.5 Å². The summed E-state index contributed by atoms with van der Waals surface area (Å²) >= 11 is 0. The van der Waals surface area contributed by atoms with Gasteiger partial charge in [0.25, 0.3) is 5.91 Å². The molecule has 2 heterocycles. The van der Waals surface area contributed by atoms with Gasteiger partial charge >= 0.3 is 0 Å². The van der Waals surface area contributed by atoms with Crippen molar-refractivity contribution < 1.29 is 9.90 Å². The zero-order valence-electron chi connectivity index (χ0n) is 15.3. The lowest BCUT2D eigenvalue weighted by molar-refractivity contribution is 0.0640. The van der Waals surface area contributed by atoms with E-state index >= 15 is 0 Å². The van der Waals surface area contributed by atoms with Crippen molar-refractivity contribution in [2.45, 2.75) is 58.0 Å². The Morgan fingerprint density at radius 3 is 2.50 bits per heavy atom. The van der Waals surface area contributed by atoms with Crippen LogP contribution in [0.2, 0.25) is 0 Å². The van der Waals surface area contributed by atoms with Crippen LogP contribution >= 0.6 is 0 Å². The van der Waals surface area contributed by atoms with Crippen LogP contribution < -0.4 is 0 Å². The molecule has 0 bridgehead atoms. The molecular formula is C19H31N3O2. The molecular weight excluding hydrogens is 302 g/mol. The molecule has 134 valence electrons. The van der Waals surface area contributed by atoms with Gasteiger partial charge in [0.2, 0.25) is 0 Å². The molecule has 1 aromatic heterocycles. The van der Waals surface area contributed by atoms with E-state index in [1.165, 1.54) is 18.5 Å². The van der Waals surface area contributed by atoms with E-state index < -0.39 is 0 Å². The summed E-state index contributed by atoms with van der Waals surface area (Å²) in [6, 6.07) is 3.23. The molecule has 5 nitrogen and oxygen atoms in total. The summed E-state index contributed by atoms with van der Waals surface area (Å²) < 4.78 is 2.35. The molecule has 2 fully saturated rings. The average molecular weight is 333 g/mol. The maximum atomic E-state index is 12.9. The number of carbonyl (C=O) groups is 1. The molecule has 1 saturated heterocycles. The van der Waals surface area contributed by atoms with Crippen molar-refractivity contribution in [2.75, 3.05) is 33.3 Å². The van der Waals surface area contributed by atoms with Crippen molar-refractivity contribution in [1.82, 2.24) is 14.4 Å². The van der Waals surface area contributed by atoms with E-state index in [0.717, 1.165) is 50.2 Å². The maximum absolute atomic E-state index is 12.9. The first kappa shape index (κ1) is 17.5. The molecule has 0 aromatic carbocycles. The van der Waals surface area contributed by atoms with E-state index in [0.29, 0.717) is 12.1 Å². The van der Waals surface area contributed by atoms with E-state index in [9.17, 15) is 4.79 Å². The van der Waals surface area contributed by atoms with Gasteiger partial charge in [0, 0.05) is 49.7 Å². The molecule has 2 aliphatic rings. The minimum absolute atomic E-state index is 0.200. The number of carbonyl (C=O) groups excluding carboxylic acids is 1. The number of hydrogen-bond donors (Lipinski definition) is 1. The first-order valence-corrected chi connectivity index (χ1v) is 9.31. The number of aryl methyl sites for hydroxylation is 1. The highest BCUT2D eigenvalue weighted by atomic mass is 16.3. The minimum atomic E-state index is 0.200. The Labute approximate surface area is 145 Å². The van der Waals surface area contributed by atoms with Crippen molar-refractivity contribution in [2.24, 2.45) is 0 Å². The minimum Gasteiger partial charge on any atom is -0.396 e. The fourth-order valence-corrected chi connectivity index (χ4v) is 4.07. The topological polar surface area (TPSA) is 48.7 Å². The molecule has 1 aliphatic heterocycles. The van der Waals surface area contributed by atoms with Crippen LogP contribution in [0.15, 0.2) is 6.07 Å². The molecule has 1 N–H and O–H groups in total. The van der Waals surface area contributed by atoms with Crippen molar-refractivity contribution >= 4 is 5.91 Å². The predicted molar refractivity (Wildman–Crippen MR) is 95.4 cm³/mol. The Bertz CT molecular complexity index is 584. The van der Waals surface area contributed by atoms with Crippen LogP contribution in [0.4, 0.5) is 0 Å². The first-order chi connectivity index (χ1) is 11.5. The van der Waals surface area contributed by atoms with Crippen LogP contribution in [0, 0.1) is 13.8 Å². The predicted octanol–water partition coefficient (Wildman–Crippen LogP) is 2.36. The van der Waals surface area contributed by atoms with Gasteiger partial charge in [0.1, 0.15) is 0 Å². The van der Waals surface area contributed by atoms with E-state index in [-0.39, 0.29) is 12.5 Å². The molecule has 1 aromatic rings. The second-order valence-corrected chi connectivity index (χ2v) is 7.47. The van der Waals surface area contributed by atoms with Gasteiger partial charge in [-0.25, -0.2) is 0 Å². The second kappa shape index (κ2) is 7.28. The highest BCUT2D eigenvalue weighted by molar-refractivity contribution is 5.95. The molecule has 0 spiro atoms. The van der Waals surface area contributed by atoms with E-state index in [2.05, 4.69) is 36.4 Å². The number of aliphatic hydroxyl groups is 1. The van der Waals surface area contributed by atoms with Gasteiger partial charge in [-0.1, -0.05) is 0 Å². The third-order valence-electron chi connectivity index (χ3n) is 5.67. The van der Waals surface area contributed by atoms with Crippen LogP contribution in [0.3, 0.4) is 0 Å². The number of aliphatic hydroxyl groups excluding tert-OH is 1. The molecule has 0 unspecified atom stereocenters. The molecule has 1 amide bonds. The normalized spacial score (nSPS) is 19.3. The zero-order valence-corrected chi connectivity index (χ0v) is 15.3. The maximum Gasteiger partial charge on any atom is 0.255 e. The monoisotopic (exact) mass is 333 g/mol. The summed E-state index contributed by atoms with van der Waals surface area (Å²) in [5.74, 6) is 0.200. The summed E-state index contributed by atoms with van der Waals surface area (Å²) in [7, 11) is 2.13. The number of piperidine rings is 1. The number of rotatable bonds is 6. The molecule has 1 aliphatic carbocycles. The van der Waals surface area contributed by atoms with Crippen LogP contribution in [0.25, 0.3) is 0 Å². The van der Waals surface area contributed by atoms with Crippen molar-refractivity contribution in [1.29, 1.82) is 0 Å². The van der Waals surface area contributed by atoms with Crippen LogP contribution in [0.1, 0.15) is 59.9 Å². The van der Waals surface area contributed by atoms with Crippen molar-refractivity contribution in [3.63, 3.8) is 0 Å². The Balaban J connectivity index is 1.60. The smallest absolute Gasteiger partial charge is 0.255 e. The number of likely N-dealkylation sites (tertiary alicyclic amines) is 1. The van der Waals surface area contributed by atoms with Gasteiger partial charge in [-0.05, 0) is 59.1 Å². The van der Waals surface area contributed by atoms with Gasteiger partial charge in [0.15, 0.2) is 0 Å².